The van der Waals surface area contributed by atoms with Gasteiger partial charge in [0.15, 0.2) is 0 Å². The molecule has 2 aromatic rings. The number of carbonyl (C=O) groups is 1. The summed E-state index contributed by atoms with van der Waals surface area (Å²) in [6, 6.07) is 0.321. The Morgan fingerprint density at radius 3 is 2.39 bits per heavy atom. The summed E-state index contributed by atoms with van der Waals surface area (Å²) in [5.41, 5.74) is 1.98. The maximum absolute atomic E-state index is 12.7. The van der Waals surface area contributed by atoms with Gasteiger partial charge in [0.25, 0.3) is 5.91 Å². The van der Waals surface area contributed by atoms with Crippen molar-refractivity contribution in [1.82, 2.24) is 15.3 Å². The molecule has 0 spiro atoms. The number of hydrogen-bond donors (Lipinski definition) is 1. The van der Waals surface area contributed by atoms with Crippen LogP contribution in [0.15, 0.2) is 0 Å². The molecule has 0 atom stereocenters. The van der Waals surface area contributed by atoms with Crippen LogP contribution in [0.3, 0.4) is 0 Å². The van der Waals surface area contributed by atoms with Gasteiger partial charge in [-0.1, -0.05) is 32.1 Å². The first kappa shape index (κ1) is 16.4. The first-order chi connectivity index (χ1) is 11.1. The predicted molar refractivity (Wildman–Crippen MR) is 95.2 cm³/mol. The standard InChI is InChI=1S/C18H25N3OS/c1-11-15-12(2)19-13(3)20-18(15)23-16(11)17(22)21-14-9-7-5-4-6-8-10-14/h14H,4-10H2,1-3H3,(H,21,22). The lowest BCUT2D eigenvalue weighted by Crippen LogP contribution is -2.35. The summed E-state index contributed by atoms with van der Waals surface area (Å²) < 4.78 is 0. The minimum Gasteiger partial charge on any atom is -0.349 e. The Hall–Kier alpha value is -1.49. The van der Waals surface area contributed by atoms with Gasteiger partial charge in [0, 0.05) is 17.1 Å². The molecule has 1 aliphatic carbocycles. The zero-order chi connectivity index (χ0) is 16.4. The molecule has 0 aromatic carbocycles. The van der Waals surface area contributed by atoms with E-state index >= 15 is 0 Å². The molecule has 5 heteroatoms. The molecule has 0 radical (unpaired) electrons. The van der Waals surface area contributed by atoms with E-state index in [1.54, 1.807) is 0 Å². The molecule has 2 heterocycles. The fraction of sp³-hybridized carbons (Fsp3) is 0.611. The van der Waals surface area contributed by atoms with Crippen LogP contribution in [0.1, 0.15) is 71.7 Å². The van der Waals surface area contributed by atoms with E-state index in [0.29, 0.717) is 6.04 Å². The third kappa shape index (κ3) is 3.55. The summed E-state index contributed by atoms with van der Waals surface area (Å²) >= 11 is 1.50. The van der Waals surface area contributed by atoms with Crippen LogP contribution < -0.4 is 5.32 Å². The molecule has 1 N–H and O–H groups in total. The lowest BCUT2D eigenvalue weighted by atomic mass is 9.96. The van der Waals surface area contributed by atoms with Gasteiger partial charge in [-0.15, -0.1) is 11.3 Å². The highest BCUT2D eigenvalue weighted by atomic mass is 32.1. The number of nitrogens with zero attached hydrogens (tertiary/aromatic N) is 2. The first-order valence-corrected chi connectivity index (χ1v) is 9.43. The minimum absolute atomic E-state index is 0.0631. The second-order valence-electron chi connectivity index (χ2n) is 6.61. The molecule has 0 aliphatic heterocycles. The summed E-state index contributed by atoms with van der Waals surface area (Å²) in [5.74, 6) is 0.830. The number of rotatable bonds is 2. The maximum atomic E-state index is 12.7. The van der Waals surface area contributed by atoms with Crippen LogP contribution in [-0.4, -0.2) is 21.9 Å². The van der Waals surface area contributed by atoms with Crippen LogP contribution in [0.4, 0.5) is 0 Å². The van der Waals surface area contributed by atoms with E-state index in [-0.39, 0.29) is 5.91 Å². The molecule has 23 heavy (non-hydrogen) atoms. The van der Waals surface area contributed by atoms with Gasteiger partial charge in [-0.2, -0.15) is 0 Å². The Labute approximate surface area is 141 Å². The topological polar surface area (TPSA) is 54.9 Å². The van der Waals surface area contributed by atoms with E-state index < -0.39 is 0 Å². The highest BCUT2D eigenvalue weighted by Gasteiger charge is 2.21. The smallest absolute Gasteiger partial charge is 0.261 e. The second kappa shape index (κ2) is 6.95. The van der Waals surface area contributed by atoms with E-state index in [9.17, 15) is 4.79 Å². The molecule has 1 amide bonds. The number of nitrogens with one attached hydrogen (secondary N) is 1. The number of carbonyl (C=O) groups excluding carboxylic acids is 1. The molecular formula is C18H25N3OS. The van der Waals surface area contributed by atoms with Gasteiger partial charge < -0.3 is 5.32 Å². The SMILES string of the molecule is Cc1nc(C)c2c(C)c(C(=O)NC3CCCCCCC3)sc2n1. The molecule has 1 saturated carbocycles. The molecule has 1 fully saturated rings. The van der Waals surface area contributed by atoms with Crippen molar-refractivity contribution in [3.8, 4) is 0 Å². The summed E-state index contributed by atoms with van der Waals surface area (Å²) in [7, 11) is 0. The van der Waals surface area contributed by atoms with Crippen molar-refractivity contribution in [3.05, 3.63) is 22.0 Å². The van der Waals surface area contributed by atoms with Gasteiger partial charge >= 0.3 is 0 Å². The summed E-state index contributed by atoms with van der Waals surface area (Å²) in [6.07, 6.45) is 8.58. The molecule has 0 bridgehead atoms. The Morgan fingerprint density at radius 1 is 1.04 bits per heavy atom. The van der Waals surface area contributed by atoms with Gasteiger partial charge in [-0.25, -0.2) is 9.97 Å². The van der Waals surface area contributed by atoms with E-state index in [2.05, 4.69) is 15.3 Å². The van der Waals surface area contributed by atoms with Crippen LogP contribution in [-0.2, 0) is 0 Å². The van der Waals surface area contributed by atoms with Crippen molar-refractivity contribution in [3.63, 3.8) is 0 Å². The van der Waals surface area contributed by atoms with Crippen molar-refractivity contribution < 1.29 is 4.79 Å². The summed E-state index contributed by atoms with van der Waals surface area (Å²) in [4.78, 5) is 23.4. The van der Waals surface area contributed by atoms with E-state index in [4.69, 9.17) is 0 Å². The van der Waals surface area contributed by atoms with Crippen molar-refractivity contribution in [2.24, 2.45) is 0 Å². The summed E-state index contributed by atoms with van der Waals surface area (Å²) in [6.45, 7) is 5.90. The first-order valence-electron chi connectivity index (χ1n) is 8.61. The van der Waals surface area contributed by atoms with Gasteiger partial charge in [-0.05, 0) is 39.2 Å². The largest absolute Gasteiger partial charge is 0.349 e. The predicted octanol–water partition coefficient (Wildman–Crippen LogP) is 4.46. The van der Waals surface area contributed by atoms with E-state index in [1.807, 2.05) is 20.8 Å². The van der Waals surface area contributed by atoms with E-state index in [1.165, 1.54) is 43.4 Å². The molecule has 0 unspecified atom stereocenters. The third-order valence-electron chi connectivity index (χ3n) is 4.73. The van der Waals surface area contributed by atoms with Crippen molar-refractivity contribution >= 4 is 27.5 Å². The van der Waals surface area contributed by atoms with Crippen LogP contribution in [0, 0.1) is 20.8 Å². The van der Waals surface area contributed by atoms with Crippen LogP contribution >= 0.6 is 11.3 Å². The lowest BCUT2D eigenvalue weighted by Gasteiger charge is -2.20. The van der Waals surface area contributed by atoms with Crippen LogP contribution in [0.25, 0.3) is 10.2 Å². The number of aryl methyl sites for hydroxylation is 3. The average molecular weight is 331 g/mol. The van der Waals surface area contributed by atoms with Crippen LogP contribution in [0.2, 0.25) is 0 Å². The quantitative estimate of drug-likeness (QED) is 0.884. The minimum atomic E-state index is 0.0631. The highest BCUT2D eigenvalue weighted by Crippen LogP contribution is 2.31. The average Bonchev–Trinajstić information content (AvgIpc) is 2.78. The van der Waals surface area contributed by atoms with Crippen molar-refractivity contribution in [2.75, 3.05) is 0 Å². The van der Waals surface area contributed by atoms with Crippen molar-refractivity contribution in [2.45, 2.75) is 71.8 Å². The maximum Gasteiger partial charge on any atom is 0.261 e. The zero-order valence-corrected chi connectivity index (χ0v) is 15.1. The molecule has 124 valence electrons. The lowest BCUT2D eigenvalue weighted by molar-refractivity contribution is 0.0934. The van der Waals surface area contributed by atoms with Crippen molar-refractivity contribution in [1.29, 1.82) is 0 Å². The monoisotopic (exact) mass is 331 g/mol. The highest BCUT2D eigenvalue weighted by molar-refractivity contribution is 7.20. The molecule has 0 saturated heterocycles. The Balaban J connectivity index is 1.83. The fourth-order valence-electron chi connectivity index (χ4n) is 3.54. The molecular weight excluding hydrogens is 306 g/mol. The Bertz CT molecular complexity index is 715. The van der Waals surface area contributed by atoms with Gasteiger partial charge in [0.05, 0.1) is 4.88 Å². The molecule has 3 rings (SSSR count). The molecule has 4 nitrogen and oxygen atoms in total. The van der Waals surface area contributed by atoms with Crippen LogP contribution in [0.5, 0.6) is 0 Å². The van der Waals surface area contributed by atoms with Gasteiger partial charge in [-0.3, -0.25) is 4.79 Å². The number of aromatic nitrogens is 2. The third-order valence-corrected chi connectivity index (χ3v) is 5.91. The Morgan fingerprint density at radius 2 is 1.70 bits per heavy atom. The summed E-state index contributed by atoms with van der Waals surface area (Å²) in [5, 5.41) is 4.31. The van der Waals surface area contributed by atoms with E-state index in [0.717, 1.165) is 45.0 Å². The number of fused-ring (bicyclic) bond motifs is 1. The van der Waals surface area contributed by atoms with Gasteiger partial charge in [0.1, 0.15) is 10.7 Å². The molecule has 1 aliphatic rings. The molecule has 2 aromatic heterocycles. The normalized spacial score (nSPS) is 17.0. The number of hydrogen-bond acceptors (Lipinski definition) is 4. The fourth-order valence-corrected chi connectivity index (χ4v) is 4.72. The van der Waals surface area contributed by atoms with Gasteiger partial charge in [0.2, 0.25) is 0 Å². The zero-order valence-electron chi connectivity index (χ0n) is 14.2. The Kier molecular flexibility index (Phi) is 4.95. The number of thiophene rings is 1. The second-order valence-corrected chi connectivity index (χ2v) is 7.61. The number of amides is 1.